The van der Waals surface area contributed by atoms with Crippen LogP contribution in [0.2, 0.25) is 0 Å². The van der Waals surface area contributed by atoms with Gasteiger partial charge in [-0.2, -0.15) is 0 Å². The van der Waals surface area contributed by atoms with Gasteiger partial charge >= 0.3 is 0 Å². The van der Waals surface area contributed by atoms with Crippen molar-refractivity contribution in [1.29, 1.82) is 0 Å². The van der Waals surface area contributed by atoms with Crippen LogP contribution in [0.5, 0.6) is 11.5 Å². The molecule has 0 bridgehead atoms. The molecule has 1 aliphatic heterocycles. The number of aromatic hydroxyl groups is 1. The molecule has 132 valence electrons. The molecule has 3 aromatic carbocycles. The summed E-state index contributed by atoms with van der Waals surface area (Å²) in [5.41, 5.74) is 1.42. The number of hydrogen-bond donors (Lipinski definition) is 1. The second kappa shape index (κ2) is 6.71. The lowest BCUT2D eigenvalue weighted by molar-refractivity contribution is 0.0732. The van der Waals surface area contributed by atoms with E-state index in [0.29, 0.717) is 12.1 Å². The molecule has 4 rings (SSSR count). The maximum atomic E-state index is 13.2. The normalized spacial score (nSPS) is 16.8. The van der Waals surface area contributed by atoms with Gasteiger partial charge in [0.25, 0.3) is 5.91 Å². The van der Waals surface area contributed by atoms with Gasteiger partial charge in [0, 0.05) is 6.54 Å². The molecule has 1 N–H and O–H groups in total. The number of methoxy groups -OCH3 is 1. The summed E-state index contributed by atoms with van der Waals surface area (Å²) in [7, 11) is 1.64. The van der Waals surface area contributed by atoms with Crippen molar-refractivity contribution in [3.8, 4) is 11.5 Å². The van der Waals surface area contributed by atoms with Gasteiger partial charge in [-0.15, -0.1) is 0 Å². The van der Waals surface area contributed by atoms with Crippen LogP contribution in [0.1, 0.15) is 34.8 Å². The van der Waals surface area contributed by atoms with Gasteiger partial charge in [0.2, 0.25) is 0 Å². The van der Waals surface area contributed by atoms with E-state index in [-0.39, 0.29) is 17.7 Å². The maximum absolute atomic E-state index is 13.2. The zero-order valence-corrected chi connectivity index (χ0v) is 14.7. The number of phenolic OH excluding ortho intramolecular Hbond substituents is 1. The third-order valence-electron chi connectivity index (χ3n) is 5.09. The summed E-state index contributed by atoms with van der Waals surface area (Å²) in [5, 5.41) is 12.3. The highest BCUT2D eigenvalue weighted by Crippen LogP contribution is 2.36. The molecule has 0 aromatic heterocycles. The number of nitrogens with zero attached hydrogens (tertiary/aromatic N) is 1. The predicted octanol–water partition coefficient (Wildman–Crippen LogP) is 4.53. The molecule has 1 aliphatic rings. The first kappa shape index (κ1) is 16.5. The lowest BCUT2D eigenvalue weighted by Gasteiger charge is -2.26. The molecule has 1 heterocycles. The highest BCUT2D eigenvalue weighted by atomic mass is 16.5. The molecule has 3 aromatic rings. The SMILES string of the molecule is COc1cccc(C2CCCN2C(=O)c2cc3ccccc3cc2O)c1. The highest BCUT2D eigenvalue weighted by molar-refractivity contribution is 6.01. The van der Waals surface area contributed by atoms with E-state index < -0.39 is 0 Å². The van der Waals surface area contributed by atoms with E-state index in [1.165, 1.54) is 0 Å². The molecular weight excluding hydrogens is 326 g/mol. The van der Waals surface area contributed by atoms with Gasteiger partial charge in [0.15, 0.2) is 0 Å². The summed E-state index contributed by atoms with van der Waals surface area (Å²) in [6.07, 6.45) is 1.86. The summed E-state index contributed by atoms with van der Waals surface area (Å²) in [6, 6.07) is 19.0. The van der Waals surface area contributed by atoms with Crippen LogP contribution in [-0.4, -0.2) is 29.6 Å². The quantitative estimate of drug-likeness (QED) is 0.757. The highest BCUT2D eigenvalue weighted by Gasteiger charge is 2.32. The Bertz CT molecular complexity index is 967. The van der Waals surface area contributed by atoms with Crippen molar-refractivity contribution >= 4 is 16.7 Å². The van der Waals surface area contributed by atoms with Crippen LogP contribution in [0.15, 0.2) is 60.7 Å². The van der Waals surface area contributed by atoms with Crippen molar-refractivity contribution in [2.75, 3.05) is 13.7 Å². The molecule has 4 heteroatoms. The van der Waals surface area contributed by atoms with Crippen molar-refractivity contribution in [2.24, 2.45) is 0 Å². The number of hydrogen-bond acceptors (Lipinski definition) is 3. The summed E-state index contributed by atoms with van der Waals surface area (Å²) >= 11 is 0. The van der Waals surface area contributed by atoms with E-state index in [2.05, 4.69) is 0 Å². The Morgan fingerprint density at radius 3 is 2.62 bits per heavy atom. The Balaban J connectivity index is 1.69. The molecule has 4 nitrogen and oxygen atoms in total. The Morgan fingerprint density at radius 2 is 1.85 bits per heavy atom. The first-order valence-electron chi connectivity index (χ1n) is 8.84. The molecule has 1 atom stereocenters. The first-order valence-corrected chi connectivity index (χ1v) is 8.84. The van der Waals surface area contributed by atoms with E-state index in [9.17, 15) is 9.90 Å². The average Bonchev–Trinajstić information content (AvgIpc) is 3.17. The van der Waals surface area contributed by atoms with Crippen LogP contribution in [0.4, 0.5) is 0 Å². The van der Waals surface area contributed by atoms with Crippen molar-refractivity contribution in [3.05, 3.63) is 71.8 Å². The fourth-order valence-corrected chi connectivity index (χ4v) is 3.76. The van der Waals surface area contributed by atoms with Crippen molar-refractivity contribution in [3.63, 3.8) is 0 Å². The van der Waals surface area contributed by atoms with Crippen molar-refractivity contribution < 1.29 is 14.6 Å². The van der Waals surface area contributed by atoms with Gasteiger partial charge in [-0.3, -0.25) is 4.79 Å². The van der Waals surface area contributed by atoms with Gasteiger partial charge < -0.3 is 14.7 Å². The van der Waals surface area contributed by atoms with Gasteiger partial charge in [0.1, 0.15) is 11.5 Å². The minimum atomic E-state index is -0.126. The summed E-state index contributed by atoms with van der Waals surface area (Å²) < 4.78 is 5.32. The molecule has 1 unspecified atom stereocenters. The minimum Gasteiger partial charge on any atom is -0.507 e. The van der Waals surface area contributed by atoms with E-state index in [4.69, 9.17) is 4.74 Å². The van der Waals surface area contributed by atoms with Crippen LogP contribution in [0.25, 0.3) is 10.8 Å². The molecular formula is C22H21NO3. The number of rotatable bonds is 3. The largest absolute Gasteiger partial charge is 0.507 e. The fraction of sp³-hybridized carbons (Fsp3) is 0.227. The number of carbonyl (C=O) groups excluding carboxylic acids is 1. The van der Waals surface area contributed by atoms with E-state index in [1.54, 1.807) is 19.2 Å². The summed E-state index contributed by atoms with van der Waals surface area (Å²) in [6.45, 7) is 0.687. The zero-order valence-electron chi connectivity index (χ0n) is 14.7. The lowest BCUT2D eigenvalue weighted by atomic mass is 10.0. The number of carbonyl (C=O) groups is 1. The van der Waals surface area contributed by atoms with Gasteiger partial charge in [0.05, 0.1) is 18.7 Å². The molecule has 0 spiro atoms. The Kier molecular flexibility index (Phi) is 4.25. The lowest BCUT2D eigenvalue weighted by Crippen LogP contribution is -2.30. The topological polar surface area (TPSA) is 49.8 Å². The molecule has 0 saturated carbocycles. The van der Waals surface area contributed by atoms with E-state index >= 15 is 0 Å². The van der Waals surface area contributed by atoms with Gasteiger partial charge in [-0.25, -0.2) is 0 Å². The number of ether oxygens (including phenoxy) is 1. The van der Waals surface area contributed by atoms with Crippen LogP contribution >= 0.6 is 0 Å². The van der Waals surface area contributed by atoms with Gasteiger partial charge in [-0.05, 0) is 53.4 Å². The Labute approximate surface area is 152 Å². The fourth-order valence-electron chi connectivity index (χ4n) is 3.76. The van der Waals surface area contributed by atoms with Crippen LogP contribution in [-0.2, 0) is 0 Å². The third kappa shape index (κ3) is 2.88. The Hall–Kier alpha value is -3.01. The van der Waals surface area contributed by atoms with Crippen molar-refractivity contribution in [2.45, 2.75) is 18.9 Å². The van der Waals surface area contributed by atoms with Gasteiger partial charge in [-0.1, -0.05) is 36.4 Å². The van der Waals surface area contributed by atoms with E-state index in [0.717, 1.165) is 34.9 Å². The molecule has 0 radical (unpaired) electrons. The standard InChI is InChI=1S/C22H21NO3/c1-26-18-9-4-8-17(12-18)20-10-5-11-23(20)22(25)19-13-15-6-2-3-7-16(15)14-21(19)24/h2-4,6-9,12-14,20,24H,5,10-11H2,1H3. The Morgan fingerprint density at radius 1 is 1.08 bits per heavy atom. The number of amides is 1. The summed E-state index contributed by atoms with van der Waals surface area (Å²) in [5.74, 6) is 0.693. The molecule has 0 aliphatic carbocycles. The molecule has 1 amide bonds. The third-order valence-corrected chi connectivity index (χ3v) is 5.09. The predicted molar refractivity (Wildman–Crippen MR) is 102 cm³/mol. The number of phenols is 1. The van der Waals surface area contributed by atoms with Crippen LogP contribution in [0, 0.1) is 0 Å². The average molecular weight is 347 g/mol. The first-order chi connectivity index (χ1) is 12.7. The smallest absolute Gasteiger partial charge is 0.258 e. The maximum Gasteiger partial charge on any atom is 0.258 e. The zero-order chi connectivity index (χ0) is 18.1. The van der Waals surface area contributed by atoms with Crippen LogP contribution in [0.3, 0.4) is 0 Å². The second-order valence-electron chi connectivity index (χ2n) is 6.65. The number of fused-ring (bicyclic) bond motifs is 1. The summed E-state index contributed by atoms with van der Waals surface area (Å²) in [4.78, 5) is 15.0. The molecule has 26 heavy (non-hydrogen) atoms. The molecule has 1 saturated heterocycles. The second-order valence-corrected chi connectivity index (χ2v) is 6.65. The number of likely N-dealkylation sites (tertiary alicyclic amines) is 1. The minimum absolute atomic E-state index is 0.00321. The van der Waals surface area contributed by atoms with Crippen molar-refractivity contribution in [1.82, 2.24) is 4.90 Å². The van der Waals surface area contributed by atoms with Crippen LogP contribution < -0.4 is 4.74 Å². The van der Waals surface area contributed by atoms with E-state index in [1.807, 2.05) is 53.4 Å². The number of benzene rings is 3. The monoisotopic (exact) mass is 347 g/mol. The molecule has 1 fully saturated rings.